The highest BCUT2D eigenvalue weighted by atomic mass is 15.2. The van der Waals surface area contributed by atoms with Gasteiger partial charge in [-0.3, -0.25) is 0 Å². The van der Waals surface area contributed by atoms with Crippen LogP contribution in [0.25, 0.3) is 0 Å². The zero-order valence-corrected chi connectivity index (χ0v) is 19.1. The fourth-order valence-electron chi connectivity index (χ4n) is 6.09. The van der Waals surface area contributed by atoms with Crippen molar-refractivity contribution in [1.82, 2.24) is 9.80 Å². The summed E-state index contributed by atoms with van der Waals surface area (Å²) in [6.07, 6.45) is 12.1. The monoisotopic (exact) mass is 396 g/mol. The van der Waals surface area contributed by atoms with E-state index in [2.05, 4.69) is 44.7 Å². The molecule has 170 valence electrons. The van der Waals surface area contributed by atoms with Crippen molar-refractivity contribution in [3.05, 3.63) is 0 Å². The summed E-state index contributed by atoms with van der Waals surface area (Å²) >= 11 is 0. The lowest BCUT2D eigenvalue weighted by Gasteiger charge is -2.55. The molecule has 28 heavy (non-hydrogen) atoms. The number of hydrogen-bond donors (Lipinski definition) is 0. The molecule has 4 saturated carbocycles. The van der Waals surface area contributed by atoms with E-state index in [0.29, 0.717) is 5.41 Å². The predicted molar refractivity (Wildman–Crippen MR) is 129 cm³/mol. The van der Waals surface area contributed by atoms with Crippen LogP contribution in [0.3, 0.4) is 0 Å². The Hall–Kier alpha value is -0.0800. The Balaban J connectivity index is 0.000000381. The third-order valence-corrected chi connectivity index (χ3v) is 7.48. The molecule has 2 saturated heterocycles. The van der Waals surface area contributed by atoms with E-state index >= 15 is 0 Å². The molecule has 6 rings (SSSR count). The lowest BCUT2D eigenvalue weighted by Crippen LogP contribution is -2.57. The normalized spacial score (nSPS) is 31.6. The first kappa shape index (κ1) is 27.9. The Morgan fingerprint density at radius 3 is 1.36 bits per heavy atom. The molecular weight excluding hydrogens is 340 g/mol. The van der Waals surface area contributed by atoms with Crippen molar-refractivity contribution in [3.8, 4) is 0 Å². The summed E-state index contributed by atoms with van der Waals surface area (Å²) < 4.78 is 0. The van der Waals surface area contributed by atoms with Crippen molar-refractivity contribution in [2.75, 3.05) is 40.3 Å². The zero-order chi connectivity index (χ0) is 19.4. The van der Waals surface area contributed by atoms with Gasteiger partial charge < -0.3 is 9.80 Å². The highest BCUT2D eigenvalue weighted by molar-refractivity contribution is 4.99. The lowest BCUT2D eigenvalue weighted by molar-refractivity contribution is -0.0583. The molecule has 6 aliphatic rings. The van der Waals surface area contributed by atoms with Crippen LogP contribution in [0, 0.1) is 28.6 Å². The number of fused-ring (bicyclic) bond motifs is 2. The van der Waals surface area contributed by atoms with E-state index in [1.54, 1.807) is 6.42 Å². The first-order valence-corrected chi connectivity index (χ1v) is 11.7. The van der Waals surface area contributed by atoms with Crippen molar-refractivity contribution in [2.24, 2.45) is 28.6 Å². The van der Waals surface area contributed by atoms with E-state index in [-0.39, 0.29) is 14.9 Å². The molecule has 2 nitrogen and oxygen atoms in total. The van der Waals surface area contributed by atoms with Crippen LogP contribution in [0.4, 0.5) is 0 Å². The molecule has 0 amide bonds. The molecule has 3 atom stereocenters. The minimum atomic E-state index is 0. The SMILES string of the molecule is C.C.CC.CC(C)(C)C1C2CCC[C@H]1C2.CN1CC2(CCC2)C1.CN1CCC1. The van der Waals surface area contributed by atoms with Gasteiger partial charge in [0.05, 0.1) is 0 Å². The first-order chi connectivity index (χ1) is 12.3. The Morgan fingerprint density at radius 2 is 1.21 bits per heavy atom. The zero-order valence-electron chi connectivity index (χ0n) is 19.1. The summed E-state index contributed by atoms with van der Waals surface area (Å²) in [5.41, 5.74) is 1.43. The van der Waals surface area contributed by atoms with Crippen LogP contribution in [-0.4, -0.2) is 50.1 Å². The van der Waals surface area contributed by atoms with E-state index in [1.165, 1.54) is 71.1 Å². The number of likely N-dealkylation sites (tertiary alicyclic amines) is 2. The van der Waals surface area contributed by atoms with Gasteiger partial charge in [0, 0.05) is 13.1 Å². The maximum absolute atomic E-state index is 2.42. The number of hydrogen-bond acceptors (Lipinski definition) is 2. The van der Waals surface area contributed by atoms with E-state index in [0.717, 1.165) is 23.2 Å². The number of rotatable bonds is 0. The van der Waals surface area contributed by atoms with Crippen LogP contribution in [0.15, 0.2) is 0 Å². The van der Waals surface area contributed by atoms with Crippen LogP contribution >= 0.6 is 0 Å². The Kier molecular flexibility index (Phi) is 11.9. The first-order valence-electron chi connectivity index (χ1n) is 11.7. The van der Waals surface area contributed by atoms with Gasteiger partial charge >= 0.3 is 0 Å². The fourth-order valence-corrected chi connectivity index (χ4v) is 6.09. The van der Waals surface area contributed by atoms with Gasteiger partial charge in [0.25, 0.3) is 0 Å². The minimum absolute atomic E-state index is 0. The molecule has 6 fully saturated rings. The molecule has 0 aromatic carbocycles. The van der Waals surface area contributed by atoms with Crippen molar-refractivity contribution >= 4 is 0 Å². The summed E-state index contributed by atoms with van der Waals surface area (Å²) in [4.78, 5) is 4.72. The average molecular weight is 397 g/mol. The third kappa shape index (κ3) is 7.01. The largest absolute Gasteiger partial charge is 0.306 e. The van der Waals surface area contributed by atoms with Gasteiger partial charge in [-0.2, -0.15) is 0 Å². The van der Waals surface area contributed by atoms with Gasteiger partial charge in [0.2, 0.25) is 0 Å². The van der Waals surface area contributed by atoms with Crippen LogP contribution in [0.1, 0.15) is 101 Å². The van der Waals surface area contributed by atoms with Gasteiger partial charge in [-0.05, 0) is 81.5 Å². The fraction of sp³-hybridized carbons (Fsp3) is 1.00. The van der Waals surface area contributed by atoms with Crippen molar-refractivity contribution < 1.29 is 0 Å². The van der Waals surface area contributed by atoms with Gasteiger partial charge in [-0.25, -0.2) is 0 Å². The summed E-state index contributed by atoms with van der Waals surface area (Å²) in [5.74, 6) is 3.28. The van der Waals surface area contributed by atoms with Crippen molar-refractivity contribution in [3.63, 3.8) is 0 Å². The summed E-state index contributed by atoms with van der Waals surface area (Å²) in [7, 11) is 4.35. The van der Waals surface area contributed by atoms with E-state index in [4.69, 9.17) is 0 Å². The predicted octanol–water partition coefficient (Wildman–Crippen LogP) is 7.19. The Bertz CT molecular complexity index is 381. The Morgan fingerprint density at radius 1 is 0.750 bits per heavy atom. The quantitative estimate of drug-likeness (QED) is 0.427. The highest BCUT2D eigenvalue weighted by Gasteiger charge is 2.48. The molecule has 4 aliphatic carbocycles. The molecule has 2 heteroatoms. The van der Waals surface area contributed by atoms with Crippen LogP contribution < -0.4 is 0 Å². The van der Waals surface area contributed by atoms with Crippen LogP contribution in [0.5, 0.6) is 0 Å². The topological polar surface area (TPSA) is 6.48 Å². The standard InChI is InChI=1S/C11H20.C7H13N.C4H9N.C2H6.2CH4/c1-11(2,3)10-8-5-4-6-9(10)7-8;1-8-5-7(6-8)3-2-4-7;1-5-3-2-4-5;1-2;;/h8-10H,4-7H2,1-3H3;2-6H2,1H3;2-4H2,1H3;1-2H3;2*1H4/t8-,9?,10?;;;;;/m0...../s1. The smallest absolute Gasteiger partial charge is 0.00474 e. The molecule has 0 radical (unpaired) electrons. The van der Waals surface area contributed by atoms with E-state index < -0.39 is 0 Å². The summed E-state index contributed by atoms with van der Waals surface area (Å²) in [5, 5.41) is 0. The minimum Gasteiger partial charge on any atom is -0.306 e. The second-order valence-electron chi connectivity index (χ2n) is 10.8. The highest BCUT2D eigenvalue weighted by Crippen LogP contribution is 2.57. The van der Waals surface area contributed by atoms with Gasteiger partial charge in [0.1, 0.15) is 0 Å². The van der Waals surface area contributed by atoms with Crippen LogP contribution in [0.2, 0.25) is 0 Å². The maximum Gasteiger partial charge on any atom is 0.00474 e. The Labute approximate surface area is 179 Å². The van der Waals surface area contributed by atoms with Gasteiger partial charge in [-0.15, -0.1) is 0 Å². The average Bonchev–Trinajstić information content (AvgIpc) is 2.50. The summed E-state index contributed by atoms with van der Waals surface area (Å²) in [6, 6.07) is 0. The van der Waals surface area contributed by atoms with Crippen molar-refractivity contribution in [2.45, 2.75) is 101 Å². The van der Waals surface area contributed by atoms with Gasteiger partial charge in [0.15, 0.2) is 0 Å². The number of nitrogens with zero attached hydrogens (tertiary/aromatic N) is 2. The molecule has 0 aromatic rings. The molecule has 2 aliphatic heterocycles. The van der Waals surface area contributed by atoms with Gasteiger partial charge in [-0.1, -0.05) is 75.2 Å². The van der Waals surface area contributed by atoms with Crippen molar-refractivity contribution in [1.29, 1.82) is 0 Å². The second kappa shape index (κ2) is 11.9. The molecule has 0 aromatic heterocycles. The lowest BCUT2D eigenvalue weighted by atomic mass is 9.50. The van der Waals surface area contributed by atoms with E-state index in [9.17, 15) is 0 Å². The molecule has 2 unspecified atom stereocenters. The van der Waals surface area contributed by atoms with E-state index in [1.807, 2.05) is 13.8 Å². The molecule has 2 heterocycles. The third-order valence-electron chi connectivity index (χ3n) is 7.48. The maximum atomic E-state index is 2.42. The molecular formula is C26H56N2. The molecule has 0 N–H and O–H groups in total. The van der Waals surface area contributed by atoms with Crippen LogP contribution in [-0.2, 0) is 0 Å². The molecule has 2 bridgehead atoms. The summed E-state index contributed by atoms with van der Waals surface area (Å²) in [6.45, 7) is 16.7. The molecule has 1 spiro atoms. The second-order valence-corrected chi connectivity index (χ2v) is 10.8.